The highest BCUT2D eigenvalue weighted by molar-refractivity contribution is 7.17. The van der Waals surface area contributed by atoms with Crippen molar-refractivity contribution in [3.05, 3.63) is 23.1 Å². The fourth-order valence-electron chi connectivity index (χ4n) is 1.79. The van der Waals surface area contributed by atoms with Gasteiger partial charge in [-0.2, -0.15) is 0 Å². The molecule has 1 aromatic heterocycles. The standard InChI is InChI=1S/C14H14Cl2F2O2S/c15-4-1-6-19-12-10(17)9-3-8-21-14(9)11(18)13(12)20-7-2-5-16/h3,8H,1-2,4-7H2. The summed E-state index contributed by atoms with van der Waals surface area (Å²) >= 11 is 12.3. The van der Waals surface area contributed by atoms with E-state index in [1.165, 1.54) is 6.07 Å². The first-order valence-corrected chi connectivity index (χ1v) is 8.41. The SMILES string of the molecule is Fc1c(OCCCCl)c(OCCCCl)c(F)c2sccc12. The van der Waals surface area contributed by atoms with Crippen molar-refractivity contribution in [3.8, 4) is 11.5 Å². The first-order chi connectivity index (χ1) is 10.2. The number of hydrogen-bond donors (Lipinski definition) is 0. The summed E-state index contributed by atoms with van der Waals surface area (Å²) in [6.45, 7) is 0.393. The maximum atomic E-state index is 14.5. The Hall–Kier alpha value is -0.780. The first-order valence-electron chi connectivity index (χ1n) is 6.46. The van der Waals surface area contributed by atoms with Gasteiger partial charge in [0, 0.05) is 17.1 Å². The third kappa shape index (κ3) is 3.71. The highest BCUT2D eigenvalue weighted by atomic mass is 35.5. The van der Waals surface area contributed by atoms with E-state index in [-0.39, 0.29) is 34.8 Å². The zero-order chi connectivity index (χ0) is 15.2. The lowest BCUT2D eigenvalue weighted by Crippen LogP contribution is -2.07. The van der Waals surface area contributed by atoms with Crippen LogP contribution in [0.25, 0.3) is 10.1 Å². The summed E-state index contributed by atoms with van der Waals surface area (Å²) in [5.74, 6) is -0.832. The average Bonchev–Trinajstić information content (AvgIpc) is 2.97. The minimum atomic E-state index is -0.608. The Morgan fingerprint density at radius 2 is 1.52 bits per heavy atom. The molecule has 2 aromatic rings. The summed E-state index contributed by atoms with van der Waals surface area (Å²) in [5, 5.41) is 1.82. The molecule has 21 heavy (non-hydrogen) atoms. The van der Waals surface area contributed by atoms with E-state index in [1.807, 2.05) is 0 Å². The lowest BCUT2D eigenvalue weighted by molar-refractivity contribution is 0.250. The molecule has 0 unspecified atom stereocenters. The van der Waals surface area contributed by atoms with Crippen LogP contribution in [0.1, 0.15) is 12.8 Å². The minimum absolute atomic E-state index is 0.192. The fraction of sp³-hybridized carbons (Fsp3) is 0.429. The lowest BCUT2D eigenvalue weighted by atomic mass is 10.2. The van der Waals surface area contributed by atoms with Crippen molar-refractivity contribution in [1.82, 2.24) is 0 Å². The van der Waals surface area contributed by atoms with Crippen LogP contribution in [0.4, 0.5) is 8.78 Å². The van der Waals surface area contributed by atoms with Crippen molar-refractivity contribution in [3.63, 3.8) is 0 Å². The van der Waals surface area contributed by atoms with E-state index >= 15 is 0 Å². The van der Waals surface area contributed by atoms with E-state index in [4.69, 9.17) is 32.7 Å². The number of ether oxygens (including phenoxy) is 2. The summed E-state index contributed by atoms with van der Waals surface area (Å²) in [5.41, 5.74) is 0. The maximum Gasteiger partial charge on any atom is 0.201 e. The van der Waals surface area contributed by atoms with Crippen molar-refractivity contribution < 1.29 is 18.3 Å². The zero-order valence-corrected chi connectivity index (χ0v) is 13.5. The average molecular weight is 355 g/mol. The third-order valence-electron chi connectivity index (χ3n) is 2.75. The fourth-order valence-corrected chi connectivity index (χ4v) is 2.83. The van der Waals surface area contributed by atoms with Gasteiger partial charge in [-0.3, -0.25) is 0 Å². The molecule has 0 fully saturated rings. The van der Waals surface area contributed by atoms with Crippen LogP contribution in [-0.4, -0.2) is 25.0 Å². The molecule has 0 radical (unpaired) electrons. The van der Waals surface area contributed by atoms with Gasteiger partial charge in [-0.1, -0.05) is 0 Å². The van der Waals surface area contributed by atoms with Crippen molar-refractivity contribution in [2.24, 2.45) is 0 Å². The molecule has 0 atom stereocenters. The topological polar surface area (TPSA) is 18.5 Å². The van der Waals surface area contributed by atoms with Crippen molar-refractivity contribution in [2.75, 3.05) is 25.0 Å². The zero-order valence-electron chi connectivity index (χ0n) is 11.1. The molecule has 7 heteroatoms. The molecule has 2 nitrogen and oxygen atoms in total. The Kier molecular flexibility index (Phi) is 6.33. The molecule has 2 rings (SSSR count). The van der Waals surface area contributed by atoms with Crippen LogP contribution in [0.2, 0.25) is 0 Å². The number of halogens is 4. The van der Waals surface area contributed by atoms with Crippen molar-refractivity contribution in [2.45, 2.75) is 12.8 Å². The number of hydrogen-bond acceptors (Lipinski definition) is 3. The molecule has 116 valence electrons. The normalized spacial score (nSPS) is 11.0. The second kappa shape index (κ2) is 8.01. The Labute approximate surface area is 135 Å². The van der Waals surface area contributed by atoms with Crippen molar-refractivity contribution >= 4 is 44.6 Å². The number of fused-ring (bicyclic) bond motifs is 1. The van der Waals surface area contributed by atoms with Crippen LogP contribution < -0.4 is 9.47 Å². The number of benzene rings is 1. The van der Waals surface area contributed by atoms with E-state index in [9.17, 15) is 8.78 Å². The molecule has 0 saturated heterocycles. The lowest BCUT2D eigenvalue weighted by Gasteiger charge is -2.15. The Balaban J connectivity index is 2.39. The van der Waals surface area contributed by atoms with E-state index in [1.54, 1.807) is 5.38 Å². The maximum absolute atomic E-state index is 14.5. The van der Waals surface area contributed by atoms with Crippen LogP contribution in [0.15, 0.2) is 11.4 Å². The minimum Gasteiger partial charge on any atom is -0.487 e. The molecule has 0 aliphatic rings. The van der Waals surface area contributed by atoms with Crippen LogP contribution >= 0.6 is 34.5 Å². The van der Waals surface area contributed by atoms with Crippen LogP contribution in [0.5, 0.6) is 11.5 Å². The Morgan fingerprint density at radius 3 is 2.10 bits per heavy atom. The van der Waals surface area contributed by atoms with Crippen molar-refractivity contribution in [1.29, 1.82) is 0 Å². The van der Waals surface area contributed by atoms with E-state index in [2.05, 4.69) is 0 Å². The van der Waals surface area contributed by atoms with Gasteiger partial charge in [-0.25, -0.2) is 8.78 Å². The highest BCUT2D eigenvalue weighted by Crippen LogP contribution is 2.42. The molecule has 0 aliphatic heterocycles. The molecule has 0 amide bonds. The van der Waals surface area contributed by atoms with E-state index in [0.717, 1.165) is 11.3 Å². The predicted molar refractivity (Wildman–Crippen MR) is 83.4 cm³/mol. The van der Waals surface area contributed by atoms with Gasteiger partial charge >= 0.3 is 0 Å². The summed E-state index contributed by atoms with van der Waals surface area (Å²) in [6, 6.07) is 1.52. The Bertz CT molecular complexity index is 554. The van der Waals surface area contributed by atoms with E-state index < -0.39 is 11.6 Å². The summed E-state index contributed by atoms with van der Waals surface area (Å²) in [4.78, 5) is 0. The molecule has 0 bridgehead atoms. The van der Waals surface area contributed by atoms with Gasteiger partial charge in [0.1, 0.15) is 0 Å². The highest BCUT2D eigenvalue weighted by Gasteiger charge is 2.23. The summed E-state index contributed by atoms with van der Waals surface area (Å²) < 4.78 is 39.8. The second-order valence-electron chi connectivity index (χ2n) is 4.23. The molecule has 1 heterocycles. The number of alkyl halides is 2. The van der Waals surface area contributed by atoms with Gasteiger partial charge in [0.25, 0.3) is 0 Å². The van der Waals surface area contributed by atoms with E-state index in [0.29, 0.717) is 24.6 Å². The van der Waals surface area contributed by atoms with Gasteiger partial charge in [-0.15, -0.1) is 34.5 Å². The van der Waals surface area contributed by atoms with Gasteiger partial charge in [0.05, 0.1) is 17.9 Å². The van der Waals surface area contributed by atoms with Gasteiger partial charge in [0.15, 0.2) is 11.6 Å². The summed E-state index contributed by atoms with van der Waals surface area (Å²) in [6.07, 6.45) is 1.07. The number of rotatable bonds is 8. The van der Waals surface area contributed by atoms with Crippen LogP contribution in [0.3, 0.4) is 0 Å². The van der Waals surface area contributed by atoms with Gasteiger partial charge in [0.2, 0.25) is 11.5 Å². The third-order valence-corrected chi connectivity index (χ3v) is 4.20. The number of thiophene rings is 1. The molecule has 1 aromatic carbocycles. The molecular weight excluding hydrogens is 341 g/mol. The molecule has 0 aliphatic carbocycles. The molecular formula is C14H14Cl2F2O2S. The van der Waals surface area contributed by atoms with Crippen LogP contribution in [-0.2, 0) is 0 Å². The second-order valence-corrected chi connectivity index (χ2v) is 5.90. The largest absolute Gasteiger partial charge is 0.487 e. The molecule has 0 N–H and O–H groups in total. The monoisotopic (exact) mass is 354 g/mol. The quantitative estimate of drug-likeness (QED) is 0.479. The Morgan fingerprint density at radius 1 is 0.952 bits per heavy atom. The van der Waals surface area contributed by atoms with Gasteiger partial charge < -0.3 is 9.47 Å². The smallest absolute Gasteiger partial charge is 0.201 e. The molecule has 0 spiro atoms. The first kappa shape index (κ1) is 16.6. The summed E-state index contributed by atoms with van der Waals surface area (Å²) in [7, 11) is 0. The van der Waals surface area contributed by atoms with Gasteiger partial charge in [-0.05, 0) is 24.3 Å². The molecule has 0 saturated carbocycles. The predicted octanol–water partition coefficient (Wildman–Crippen LogP) is 5.19. The van der Waals surface area contributed by atoms with Crippen LogP contribution in [0, 0.1) is 11.6 Å².